The van der Waals surface area contributed by atoms with E-state index in [1.165, 1.54) is 30.9 Å². The molecule has 7 nitrogen and oxygen atoms in total. The Morgan fingerprint density at radius 3 is 2.42 bits per heavy atom. The fraction of sp³-hybridized carbons (Fsp3) is 0.345. The smallest absolute Gasteiger partial charge is 0.271 e. The van der Waals surface area contributed by atoms with E-state index < -0.39 is 0 Å². The molecule has 4 aromatic rings. The van der Waals surface area contributed by atoms with Crippen molar-refractivity contribution in [1.82, 2.24) is 14.5 Å². The predicted molar refractivity (Wildman–Crippen MR) is 141 cm³/mol. The van der Waals surface area contributed by atoms with E-state index in [2.05, 4.69) is 5.32 Å². The number of hydrogen-bond donors (Lipinski definition) is 1. The fourth-order valence-corrected chi connectivity index (χ4v) is 5.51. The number of pyridine rings is 1. The summed E-state index contributed by atoms with van der Waals surface area (Å²) in [7, 11) is 3.26. The van der Waals surface area contributed by atoms with Crippen LogP contribution in [0.15, 0.2) is 59.4 Å². The third kappa shape index (κ3) is 4.19. The van der Waals surface area contributed by atoms with Crippen LogP contribution in [0.3, 0.4) is 0 Å². The Hall–Kier alpha value is -3.87. The second-order valence-electron chi connectivity index (χ2n) is 9.58. The minimum Gasteiger partial charge on any atom is -0.493 e. The number of nitrogens with one attached hydrogen (secondary N) is 1. The monoisotopic (exact) mass is 485 g/mol. The van der Waals surface area contributed by atoms with E-state index in [0.717, 1.165) is 18.2 Å². The number of amides is 1. The van der Waals surface area contributed by atoms with Crippen molar-refractivity contribution in [3.63, 3.8) is 0 Å². The van der Waals surface area contributed by atoms with Crippen molar-refractivity contribution in [1.29, 1.82) is 0 Å². The van der Waals surface area contributed by atoms with E-state index in [0.29, 0.717) is 40.1 Å². The zero-order valence-electron chi connectivity index (χ0n) is 20.8. The summed E-state index contributed by atoms with van der Waals surface area (Å²) < 4.78 is 8.92. The number of carbonyl (C=O) groups excluding carboxylic acids is 2. The molecule has 0 unspecified atom stereocenters. The van der Waals surface area contributed by atoms with Gasteiger partial charge in [0, 0.05) is 24.5 Å². The van der Waals surface area contributed by atoms with Crippen LogP contribution in [0.25, 0.3) is 21.8 Å². The van der Waals surface area contributed by atoms with Gasteiger partial charge in [-0.15, -0.1) is 0 Å². The Bertz CT molecular complexity index is 1490. The summed E-state index contributed by atoms with van der Waals surface area (Å²) >= 11 is 0. The van der Waals surface area contributed by atoms with Crippen LogP contribution in [0.2, 0.25) is 0 Å². The molecule has 0 saturated heterocycles. The van der Waals surface area contributed by atoms with Crippen molar-refractivity contribution in [2.24, 2.45) is 13.0 Å². The van der Waals surface area contributed by atoms with Gasteiger partial charge in [-0.25, -0.2) is 0 Å². The molecule has 0 radical (unpaired) electrons. The first-order valence-electron chi connectivity index (χ1n) is 12.6. The van der Waals surface area contributed by atoms with Gasteiger partial charge in [-0.05, 0) is 24.8 Å². The molecule has 1 N–H and O–H groups in total. The summed E-state index contributed by atoms with van der Waals surface area (Å²) in [5, 5.41) is 4.16. The third-order valence-corrected chi connectivity index (χ3v) is 7.35. The Morgan fingerprint density at radius 2 is 1.69 bits per heavy atom. The lowest BCUT2D eigenvalue weighted by molar-refractivity contribution is 0.0931. The van der Waals surface area contributed by atoms with Gasteiger partial charge in [0.1, 0.15) is 5.39 Å². The Kier molecular flexibility index (Phi) is 6.63. The number of carbonyl (C=O) groups is 2. The van der Waals surface area contributed by atoms with Gasteiger partial charge in [-0.1, -0.05) is 67.8 Å². The molecule has 0 aliphatic heterocycles. The SMILES string of the molecule is COc1c(C(=O)NCC2CCCCC2)n(C)c2c1c(=O)n(CC(=O)c1ccccc1)c1ccccc21. The molecule has 0 bridgehead atoms. The molecule has 0 atom stereocenters. The first-order chi connectivity index (χ1) is 17.5. The molecule has 1 saturated carbocycles. The second kappa shape index (κ2) is 10.0. The highest BCUT2D eigenvalue weighted by molar-refractivity contribution is 6.12. The zero-order valence-corrected chi connectivity index (χ0v) is 20.8. The number of aromatic nitrogens is 2. The number of methoxy groups -OCH3 is 1. The molecular weight excluding hydrogens is 454 g/mol. The van der Waals surface area contributed by atoms with Crippen molar-refractivity contribution >= 4 is 33.5 Å². The summed E-state index contributed by atoms with van der Waals surface area (Å²) in [6.45, 7) is 0.501. The summed E-state index contributed by atoms with van der Waals surface area (Å²) in [5.41, 5.74) is 1.76. The highest BCUT2D eigenvalue weighted by atomic mass is 16.5. The highest BCUT2D eigenvalue weighted by Gasteiger charge is 2.28. The van der Waals surface area contributed by atoms with E-state index in [-0.39, 0.29) is 29.5 Å². The number of para-hydroxylation sites is 1. The minimum absolute atomic E-state index is 0.111. The standard InChI is InChI=1S/C29H31N3O4/c1-31-25-21-15-9-10-16-22(21)32(18-23(33)20-13-7-4-8-14-20)29(35)24(25)27(36-2)26(31)28(34)30-17-19-11-5-3-6-12-19/h4,7-10,13-16,19H,3,5-6,11-12,17-18H2,1-2H3,(H,30,34). The van der Waals surface area contributed by atoms with Gasteiger partial charge in [-0.3, -0.25) is 19.0 Å². The zero-order chi connectivity index (χ0) is 25.2. The maximum atomic E-state index is 13.9. The van der Waals surface area contributed by atoms with Crippen LogP contribution in [0.4, 0.5) is 0 Å². The summed E-state index contributed by atoms with van der Waals surface area (Å²) in [6, 6.07) is 16.4. The number of nitrogens with zero attached hydrogens (tertiary/aromatic N) is 2. The number of fused-ring (bicyclic) bond motifs is 3. The third-order valence-electron chi connectivity index (χ3n) is 7.35. The summed E-state index contributed by atoms with van der Waals surface area (Å²) in [5.74, 6) is 0.296. The van der Waals surface area contributed by atoms with Gasteiger partial charge >= 0.3 is 0 Å². The van der Waals surface area contributed by atoms with Gasteiger partial charge in [-0.2, -0.15) is 0 Å². The van der Waals surface area contributed by atoms with Crippen molar-refractivity contribution in [2.45, 2.75) is 38.6 Å². The first kappa shape index (κ1) is 23.9. The number of hydrogen-bond acceptors (Lipinski definition) is 4. The lowest BCUT2D eigenvalue weighted by Crippen LogP contribution is -2.31. The van der Waals surface area contributed by atoms with Gasteiger partial charge in [0.25, 0.3) is 11.5 Å². The minimum atomic E-state index is -0.355. The van der Waals surface area contributed by atoms with Crippen LogP contribution >= 0.6 is 0 Å². The fourth-order valence-electron chi connectivity index (χ4n) is 5.51. The Morgan fingerprint density at radius 1 is 1.00 bits per heavy atom. The maximum Gasteiger partial charge on any atom is 0.271 e. The van der Waals surface area contributed by atoms with Gasteiger partial charge in [0.15, 0.2) is 17.2 Å². The molecule has 2 aromatic carbocycles. The van der Waals surface area contributed by atoms with Gasteiger partial charge in [0.2, 0.25) is 0 Å². The number of ether oxygens (including phenoxy) is 1. The van der Waals surface area contributed by atoms with E-state index in [1.807, 2.05) is 30.3 Å². The molecule has 1 aliphatic carbocycles. The lowest BCUT2D eigenvalue weighted by Gasteiger charge is -2.21. The van der Waals surface area contributed by atoms with E-state index in [1.54, 1.807) is 35.9 Å². The van der Waals surface area contributed by atoms with Crippen LogP contribution in [-0.4, -0.2) is 34.5 Å². The summed E-state index contributed by atoms with van der Waals surface area (Å²) in [6.07, 6.45) is 5.90. The number of ketones is 1. The number of Topliss-reactive ketones (excluding diaryl/α,β-unsaturated/α-hetero) is 1. The average Bonchev–Trinajstić information content (AvgIpc) is 3.23. The Labute approximate surface area is 209 Å². The van der Waals surface area contributed by atoms with E-state index in [9.17, 15) is 14.4 Å². The molecule has 7 heteroatoms. The molecule has 1 fully saturated rings. The molecule has 5 rings (SSSR count). The second-order valence-corrected chi connectivity index (χ2v) is 9.58. The van der Waals surface area contributed by atoms with Gasteiger partial charge < -0.3 is 14.6 Å². The predicted octanol–water partition coefficient (Wildman–Crippen LogP) is 4.69. The molecule has 2 aromatic heterocycles. The van der Waals surface area contributed by atoms with E-state index in [4.69, 9.17) is 4.74 Å². The number of aryl methyl sites for hydroxylation is 1. The lowest BCUT2D eigenvalue weighted by atomic mass is 9.89. The van der Waals surface area contributed by atoms with Crippen molar-refractivity contribution in [2.75, 3.05) is 13.7 Å². The van der Waals surface area contributed by atoms with Crippen molar-refractivity contribution in [3.05, 3.63) is 76.2 Å². The average molecular weight is 486 g/mol. The van der Waals surface area contributed by atoms with Crippen molar-refractivity contribution < 1.29 is 14.3 Å². The van der Waals surface area contributed by atoms with Crippen LogP contribution in [0, 0.1) is 5.92 Å². The quantitative estimate of drug-likeness (QED) is 0.385. The topological polar surface area (TPSA) is 82.3 Å². The van der Waals surface area contributed by atoms with Crippen LogP contribution < -0.4 is 15.6 Å². The first-order valence-corrected chi connectivity index (χ1v) is 12.6. The number of benzene rings is 2. The van der Waals surface area contributed by atoms with Crippen LogP contribution in [-0.2, 0) is 13.6 Å². The molecule has 186 valence electrons. The van der Waals surface area contributed by atoms with E-state index >= 15 is 0 Å². The summed E-state index contributed by atoms with van der Waals surface area (Å²) in [4.78, 5) is 40.3. The molecular formula is C29H31N3O4. The molecule has 36 heavy (non-hydrogen) atoms. The van der Waals surface area contributed by atoms with Crippen LogP contribution in [0.5, 0.6) is 5.75 Å². The van der Waals surface area contributed by atoms with Crippen LogP contribution in [0.1, 0.15) is 53.0 Å². The molecule has 2 heterocycles. The molecule has 1 amide bonds. The largest absolute Gasteiger partial charge is 0.493 e. The molecule has 0 spiro atoms. The maximum absolute atomic E-state index is 13.9. The van der Waals surface area contributed by atoms with Gasteiger partial charge in [0.05, 0.1) is 24.7 Å². The normalized spacial score (nSPS) is 14.3. The Balaban J connectivity index is 1.62. The molecule has 1 aliphatic rings. The number of rotatable bonds is 7. The highest BCUT2D eigenvalue weighted by Crippen LogP contribution is 2.35. The van der Waals surface area contributed by atoms with Crippen molar-refractivity contribution in [3.8, 4) is 5.75 Å².